The number of rotatable bonds is 4. The maximum absolute atomic E-state index is 5.13. The molecule has 1 aliphatic heterocycles. The molecule has 0 N–H and O–H groups in total. The second-order valence-electron chi connectivity index (χ2n) is 5.05. The monoisotopic (exact) mass is 250 g/mol. The fourth-order valence-electron chi connectivity index (χ4n) is 2.52. The Balaban J connectivity index is 1.95. The summed E-state index contributed by atoms with van der Waals surface area (Å²) < 4.78 is 5.13. The summed E-state index contributed by atoms with van der Waals surface area (Å²) in [5, 5.41) is 0. The van der Waals surface area contributed by atoms with E-state index in [0.717, 1.165) is 19.0 Å². The number of anilines is 1. The first-order valence-corrected chi connectivity index (χ1v) is 6.45. The van der Waals surface area contributed by atoms with Crippen molar-refractivity contribution >= 4 is 5.95 Å². The van der Waals surface area contributed by atoms with Gasteiger partial charge in [-0.3, -0.25) is 0 Å². The number of methoxy groups -OCH3 is 1. The smallest absolute Gasteiger partial charge is 0.228 e. The van der Waals surface area contributed by atoms with Crippen molar-refractivity contribution in [3.63, 3.8) is 0 Å². The summed E-state index contributed by atoms with van der Waals surface area (Å²) in [4.78, 5) is 13.2. The molecule has 0 radical (unpaired) electrons. The van der Waals surface area contributed by atoms with E-state index in [9.17, 15) is 0 Å². The summed E-state index contributed by atoms with van der Waals surface area (Å²) in [6.45, 7) is 3.38. The molecule has 0 aliphatic carbocycles. The van der Waals surface area contributed by atoms with Crippen molar-refractivity contribution in [3.05, 3.63) is 12.3 Å². The van der Waals surface area contributed by atoms with E-state index < -0.39 is 0 Å². The third-order valence-electron chi connectivity index (χ3n) is 3.42. The Morgan fingerprint density at radius 3 is 3.11 bits per heavy atom. The van der Waals surface area contributed by atoms with Crippen LogP contribution in [0.25, 0.3) is 0 Å². The van der Waals surface area contributed by atoms with Crippen LogP contribution in [-0.4, -0.2) is 55.7 Å². The van der Waals surface area contributed by atoms with Crippen molar-refractivity contribution in [2.45, 2.75) is 12.8 Å². The Hall–Kier alpha value is -1.36. The van der Waals surface area contributed by atoms with Crippen LogP contribution < -0.4 is 9.64 Å². The molecule has 5 heteroatoms. The van der Waals surface area contributed by atoms with Gasteiger partial charge in [0, 0.05) is 32.4 Å². The van der Waals surface area contributed by atoms with Crippen molar-refractivity contribution in [1.29, 1.82) is 0 Å². The van der Waals surface area contributed by atoms with Gasteiger partial charge >= 0.3 is 0 Å². The van der Waals surface area contributed by atoms with Gasteiger partial charge < -0.3 is 14.5 Å². The van der Waals surface area contributed by atoms with E-state index in [4.69, 9.17) is 4.74 Å². The maximum Gasteiger partial charge on any atom is 0.228 e. The molecule has 0 bridgehead atoms. The van der Waals surface area contributed by atoms with Gasteiger partial charge in [0.1, 0.15) is 0 Å². The van der Waals surface area contributed by atoms with E-state index in [1.165, 1.54) is 19.4 Å². The van der Waals surface area contributed by atoms with Gasteiger partial charge in [0.15, 0.2) is 0 Å². The predicted molar refractivity (Wildman–Crippen MR) is 72.1 cm³/mol. The highest BCUT2D eigenvalue weighted by atomic mass is 16.5. The van der Waals surface area contributed by atoms with Crippen LogP contribution in [0.2, 0.25) is 0 Å². The van der Waals surface area contributed by atoms with Gasteiger partial charge in [0.25, 0.3) is 0 Å². The Morgan fingerprint density at radius 2 is 2.39 bits per heavy atom. The van der Waals surface area contributed by atoms with Crippen LogP contribution in [-0.2, 0) is 0 Å². The van der Waals surface area contributed by atoms with Crippen LogP contribution in [0.4, 0.5) is 5.95 Å². The van der Waals surface area contributed by atoms with Crippen molar-refractivity contribution in [2.24, 2.45) is 5.92 Å². The van der Waals surface area contributed by atoms with Gasteiger partial charge in [-0.05, 0) is 32.4 Å². The molecule has 5 nitrogen and oxygen atoms in total. The second-order valence-corrected chi connectivity index (χ2v) is 5.05. The first kappa shape index (κ1) is 13.1. The number of likely N-dealkylation sites (tertiary alicyclic amines) is 1. The lowest BCUT2D eigenvalue weighted by Gasteiger charge is -2.32. The molecule has 1 atom stereocenters. The van der Waals surface area contributed by atoms with E-state index in [1.807, 2.05) is 7.05 Å². The molecule has 1 aromatic rings. The fraction of sp³-hybridized carbons (Fsp3) is 0.692. The lowest BCUT2D eigenvalue weighted by molar-refractivity contribution is 0.213. The largest absolute Gasteiger partial charge is 0.481 e. The average molecular weight is 250 g/mol. The van der Waals surface area contributed by atoms with Crippen LogP contribution in [0.5, 0.6) is 5.88 Å². The zero-order chi connectivity index (χ0) is 13.0. The lowest BCUT2D eigenvalue weighted by Crippen LogP contribution is -2.38. The minimum absolute atomic E-state index is 0.618. The Kier molecular flexibility index (Phi) is 4.36. The highest BCUT2D eigenvalue weighted by molar-refractivity contribution is 5.30. The molecular formula is C13H22N4O. The molecule has 1 fully saturated rings. The molecule has 0 saturated carbocycles. The van der Waals surface area contributed by atoms with Crippen LogP contribution >= 0.6 is 0 Å². The zero-order valence-electron chi connectivity index (χ0n) is 11.5. The molecule has 0 spiro atoms. The molecule has 0 amide bonds. The van der Waals surface area contributed by atoms with E-state index >= 15 is 0 Å². The summed E-state index contributed by atoms with van der Waals surface area (Å²) in [6.07, 6.45) is 4.32. The van der Waals surface area contributed by atoms with Gasteiger partial charge in [-0.2, -0.15) is 4.98 Å². The SMILES string of the molecule is COc1ccnc(N(C)CC2CCCN(C)C2)n1. The number of piperidine rings is 1. The molecule has 18 heavy (non-hydrogen) atoms. The van der Waals surface area contributed by atoms with E-state index in [-0.39, 0.29) is 0 Å². The summed E-state index contributed by atoms with van der Waals surface area (Å²) in [6, 6.07) is 1.77. The molecular weight excluding hydrogens is 228 g/mol. The number of nitrogens with zero attached hydrogens (tertiary/aromatic N) is 4. The Bertz CT molecular complexity index is 385. The number of hydrogen-bond donors (Lipinski definition) is 0. The standard InChI is InChI=1S/C13H22N4O/c1-16-8-4-5-11(9-16)10-17(2)13-14-7-6-12(15-13)18-3/h6-7,11H,4-5,8-10H2,1-3H3. The molecule has 1 unspecified atom stereocenters. The lowest BCUT2D eigenvalue weighted by atomic mass is 9.98. The van der Waals surface area contributed by atoms with Crippen LogP contribution in [0.3, 0.4) is 0 Å². The van der Waals surface area contributed by atoms with Crippen molar-refractivity contribution in [3.8, 4) is 5.88 Å². The van der Waals surface area contributed by atoms with Gasteiger partial charge in [-0.25, -0.2) is 4.98 Å². The molecule has 2 heterocycles. The van der Waals surface area contributed by atoms with Crippen LogP contribution in [0, 0.1) is 5.92 Å². The second kappa shape index (κ2) is 6.00. The van der Waals surface area contributed by atoms with Crippen molar-refractivity contribution in [2.75, 3.05) is 45.7 Å². The van der Waals surface area contributed by atoms with Gasteiger partial charge in [0.05, 0.1) is 7.11 Å². The predicted octanol–water partition coefficient (Wildman–Crippen LogP) is 1.26. The van der Waals surface area contributed by atoms with Gasteiger partial charge in [-0.15, -0.1) is 0 Å². The number of aromatic nitrogens is 2. The molecule has 1 aliphatic rings. The van der Waals surface area contributed by atoms with Crippen molar-refractivity contribution < 1.29 is 4.74 Å². The fourth-order valence-corrected chi connectivity index (χ4v) is 2.52. The van der Waals surface area contributed by atoms with Crippen LogP contribution in [0.15, 0.2) is 12.3 Å². The third-order valence-corrected chi connectivity index (χ3v) is 3.42. The minimum atomic E-state index is 0.618. The highest BCUT2D eigenvalue weighted by Gasteiger charge is 2.19. The maximum atomic E-state index is 5.13. The van der Waals surface area contributed by atoms with E-state index in [0.29, 0.717) is 11.8 Å². The number of ether oxygens (including phenoxy) is 1. The first-order chi connectivity index (χ1) is 8.69. The van der Waals surface area contributed by atoms with E-state index in [1.54, 1.807) is 19.4 Å². The molecule has 1 aromatic heterocycles. The Morgan fingerprint density at radius 1 is 1.56 bits per heavy atom. The normalized spacial score (nSPS) is 20.7. The zero-order valence-corrected chi connectivity index (χ0v) is 11.5. The summed E-state index contributed by atoms with van der Waals surface area (Å²) in [7, 11) is 5.86. The van der Waals surface area contributed by atoms with Crippen molar-refractivity contribution in [1.82, 2.24) is 14.9 Å². The molecule has 1 saturated heterocycles. The Labute approximate surface area is 109 Å². The summed E-state index contributed by atoms with van der Waals surface area (Å²) in [5.74, 6) is 2.05. The quantitative estimate of drug-likeness (QED) is 0.805. The highest BCUT2D eigenvalue weighted by Crippen LogP contribution is 2.18. The average Bonchev–Trinajstić information content (AvgIpc) is 2.39. The third kappa shape index (κ3) is 3.32. The first-order valence-electron chi connectivity index (χ1n) is 6.45. The molecule has 100 valence electrons. The minimum Gasteiger partial charge on any atom is -0.481 e. The van der Waals surface area contributed by atoms with Crippen LogP contribution in [0.1, 0.15) is 12.8 Å². The summed E-state index contributed by atoms with van der Waals surface area (Å²) in [5.41, 5.74) is 0. The molecule has 0 aromatic carbocycles. The van der Waals surface area contributed by atoms with E-state index in [2.05, 4.69) is 26.8 Å². The van der Waals surface area contributed by atoms with Gasteiger partial charge in [-0.1, -0.05) is 0 Å². The summed E-state index contributed by atoms with van der Waals surface area (Å²) >= 11 is 0. The number of hydrogen-bond acceptors (Lipinski definition) is 5. The topological polar surface area (TPSA) is 41.5 Å². The molecule has 2 rings (SSSR count). The van der Waals surface area contributed by atoms with Gasteiger partial charge in [0.2, 0.25) is 11.8 Å².